The van der Waals surface area contributed by atoms with Crippen LogP contribution in [-0.2, 0) is 13.1 Å². The maximum Gasteiger partial charge on any atom is 0.412 e. The zero-order chi connectivity index (χ0) is 17.7. The first-order valence-corrected chi connectivity index (χ1v) is 7.76. The maximum absolute atomic E-state index is 11.4. The normalized spacial score (nSPS) is 9.48. The van der Waals surface area contributed by atoms with Crippen LogP contribution in [0, 0.1) is 0 Å². The van der Waals surface area contributed by atoms with Gasteiger partial charge in [-0.15, -0.1) is 0 Å². The molecule has 0 radical (unpaired) electrons. The molecular weight excluding hydrogens is 316 g/mol. The van der Waals surface area contributed by atoms with Crippen LogP contribution in [0.2, 0.25) is 0 Å². The average molecular weight is 336 g/mol. The summed E-state index contributed by atoms with van der Waals surface area (Å²) in [5, 5.41) is 2.66. The van der Waals surface area contributed by atoms with Crippen LogP contribution >= 0.6 is 0 Å². The summed E-state index contributed by atoms with van der Waals surface area (Å²) in [6.07, 6.45) is 6.37. The molecule has 0 aliphatic heterocycles. The van der Waals surface area contributed by atoms with E-state index in [2.05, 4.69) is 15.3 Å². The van der Waals surface area contributed by atoms with Crippen molar-refractivity contribution in [1.82, 2.24) is 15.3 Å². The van der Waals surface area contributed by atoms with E-state index in [-0.39, 0.29) is 0 Å². The molecule has 1 aromatic carbocycles. The Kier molecular flexibility index (Phi) is 7.61. The van der Waals surface area contributed by atoms with Crippen molar-refractivity contribution >= 4 is 6.09 Å². The molecule has 1 amide bonds. The SMILES string of the molecule is NCc1ccncc1.O=C(NCc1ccncc1)Oc1ccccc1. The van der Waals surface area contributed by atoms with Gasteiger partial charge in [0, 0.05) is 37.9 Å². The summed E-state index contributed by atoms with van der Waals surface area (Å²) in [7, 11) is 0. The Hall–Kier alpha value is -3.25. The lowest BCUT2D eigenvalue weighted by Crippen LogP contribution is -2.26. The van der Waals surface area contributed by atoms with E-state index < -0.39 is 6.09 Å². The van der Waals surface area contributed by atoms with Crippen molar-refractivity contribution in [2.45, 2.75) is 13.1 Å². The van der Waals surface area contributed by atoms with E-state index in [0.29, 0.717) is 18.8 Å². The van der Waals surface area contributed by atoms with Gasteiger partial charge >= 0.3 is 6.09 Å². The summed E-state index contributed by atoms with van der Waals surface area (Å²) >= 11 is 0. The Labute approximate surface area is 146 Å². The van der Waals surface area contributed by atoms with Crippen LogP contribution in [0.3, 0.4) is 0 Å². The van der Waals surface area contributed by atoms with Gasteiger partial charge in [-0.3, -0.25) is 9.97 Å². The number of aromatic nitrogens is 2. The molecule has 6 nitrogen and oxygen atoms in total. The van der Waals surface area contributed by atoms with Crippen LogP contribution in [0.1, 0.15) is 11.1 Å². The molecule has 0 aliphatic carbocycles. The summed E-state index contributed by atoms with van der Waals surface area (Å²) in [6, 6.07) is 16.4. The Bertz CT molecular complexity index is 737. The van der Waals surface area contributed by atoms with Crippen molar-refractivity contribution in [3.05, 3.63) is 90.5 Å². The highest BCUT2D eigenvalue weighted by molar-refractivity contribution is 5.70. The van der Waals surface area contributed by atoms with E-state index in [1.54, 1.807) is 36.9 Å². The molecule has 0 fully saturated rings. The first-order chi connectivity index (χ1) is 12.3. The molecule has 3 aromatic rings. The second-order valence-electron chi connectivity index (χ2n) is 4.97. The summed E-state index contributed by atoms with van der Waals surface area (Å²) in [6.45, 7) is 1.02. The van der Waals surface area contributed by atoms with E-state index in [0.717, 1.165) is 11.1 Å². The quantitative estimate of drug-likeness (QED) is 0.764. The van der Waals surface area contributed by atoms with E-state index >= 15 is 0 Å². The van der Waals surface area contributed by atoms with Crippen molar-refractivity contribution < 1.29 is 9.53 Å². The minimum absolute atomic E-state index is 0.425. The van der Waals surface area contributed by atoms with Crippen molar-refractivity contribution in [2.24, 2.45) is 5.73 Å². The first-order valence-electron chi connectivity index (χ1n) is 7.76. The number of hydrogen-bond acceptors (Lipinski definition) is 5. The van der Waals surface area contributed by atoms with Gasteiger partial charge in [0.1, 0.15) is 5.75 Å². The highest BCUT2D eigenvalue weighted by atomic mass is 16.5. The van der Waals surface area contributed by atoms with Crippen LogP contribution in [0.5, 0.6) is 5.75 Å². The van der Waals surface area contributed by atoms with Gasteiger partial charge in [-0.2, -0.15) is 0 Å². The molecule has 0 saturated heterocycles. The van der Waals surface area contributed by atoms with Gasteiger partial charge in [0.05, 0.1) is 0 Å². The lowest BCUT2D eigenvalue weighted by atomic mass is 10.3. The van der Waals surface area contributed by atoms with Crippen LogP contribution in [0.15, 0.2) is 79.4 Å². The second-order valence-corrected chi connectivity index (χ2v) is 4.97. The zero-order valence-electron chi connectivity index (χ0n) is 13.7. The molecule has 25 heavy (non-hydrogen) atoms. The zero-order valence-corrected chi connectivity index (χ0v) is 13.7. The fourth-order valence-electron chi connectivity index (χ4n) is 1.83. The Morgan fingerprint density at radius 1 is 0.880 bits per heavy atom. The van der Waals surface area contributed by atoms with Gasteiger partial charge < -0.3 is 15.8 Å². The number of nitrogens with two attached hydrogens (primary N) is 1. The largest absolute Gasteiger partial charge is 0.412 e. The fraction of sp³-hybridized carbons (Fsp3) is 0.105. The highest BCUT2D eigenvalue weighted by Gasteiger charge is 2.02. The number of carbonyl (C=O) groups excluding carboxylic acids is 1. The molecule has 0 unspecified atom stereocenters. The molecule has 2 heterocycles. The summed E-state index contributed by atoms with van der Waals surface area (Å²) in [5.74, 6) is 0.528. The Morgan fingerprint density at radius 2 is 1.44 bits per heavy atom. The minimum Gasteiger partial charge on any atom is -0.410 e. The standard InChI is InChI=1S/C13H12N2O2.C6H8N2/c16-13(17-12-4-2-1-3-5-12)15-10-11-6-8-14-9-7-11;7-5-6-1-3-8-4-2-6/h1-9H,10H2,(H,15,16);1-4H,5,7H2. The number of nitrogens with zero attached hydrogens (tertiary/aromatic N) is 2. The molecule has 0 atom stereocenters. The molecule has 3 N–H and O–H groups in total. The number of benzene rings is 1. The van der Waals surface area contributed by atoms with E-state index in [4.69, 9.17) is 10.5 Å². The number of rotatable bonds is 4. The molecule has 3 rings (SSSR count). The maximum atomic E-state index is 11.4. The van der Waals surface area contributed by atoms with Gasteiger partial charge in [-0.05, 0) is 47.5 Å². The highest BCUT2D eigenvalue weighted by Crippen LogP contribution is 2.08. The summed E-state index contributed by atoms with van der Waals surface area (Å²) < 4.78 is 5.07. The Balaban J connectivity index is 0.000000236. The van der Waals surface area contributed by atoms with Gasteiger partial charge in [0.25, 0.3) is 0 Å². The van der Waals surface area contributed by atoms with E-state index in [1.807, 2.05) is 42.5 Å². The molecule has 6 heteroatoms. The topological polar surface area (TPSA) is 90.1 Å². The lowest BCUT2D eigenvalue weighted by molar-refractivity contribution is 0.200. The summed E-state index contributed by atoms with van der Waals surface area (Å²) in [4.78, 5) is 19.2. The second kappa shape index (κ2) is 10.5. The molecule has 0 aliphatic rings. The van der Waals surface area contributed by atoms with Gasteiger partial charge in [-0.1, -0.05) is 18.2 Å². The fourth-order valence-corrected chi connectivity index (χ4v) is 1.83. The van der Waals surface area contributed by atoms with Crippen molar-refractivity contribution in [3.63, 3.8) is 0 Å². The third kappa shape index (κ3) is 7.24. The van der Waals surface area contributed by atoms with E-state index in [1.165, 1.54) is 0 Å². The van der Waals surface area contributed by atoms with Gasteiger partial charge in [0.2, 0.25) is 0 Å². The smallest absolute Gasteiger partial charge is 0.410 e. The predicted octanol–water partition coefficient (Wildman–Crippen LogP) is 2.91. The average Bonchev–Trinajstić information content (AvgIpc) is 2.69. The number of carbonyl (C=O) groups is 1. The van der Waals surface area contributed by atoms with E-state index in [9.17, 15) is 4.79 Å². The third-order valence-electron chi connectivity index (χ3n) is 3.13. The number of pyridine rings is 2. The Morgan fingerprint density at radius 3 is 1.96 bits per heavy atom. The van der Waals surface area contributed by atoms with Crippen LogP contribution in [-0.4, -0.2) is 16.1 Å². The number of hydrogen-bond donors (Lipinski definition) is 2. The molecule has 0 spiro atoms. The van der Waals surface area contributed by atoms with Crippen molar-refractivity contribution in [1.29, 1.82) is 0 Å². The third-order valence-corrected chi connectivity index (χ3v) is 3.13. The molecule has 128 valence electrons. The summed E-state index contributed by atoms with van der Waals surface area (Å²) in [5.41, 5.74) is 7.42. The monoisotopic (exact) mass is 336 g/mol. The van der Waals surface area contributed by atoms with Crippen LogP contribution < -0.4 is 15.8 Å². The number of nitrogens with one attached hydrogen (secondary N) is 1. The van der Waals surface area contributed by atoms with Crippen molar-refractivity contribution in [3.8, 4) is 5.75 Å². The molecule has 0 saturated carbocycles. The molecule has 0 bridgehead atoms. The predicted molar refractivity (Wildman–Crippen MR) is 95.7 cm³/mol. The number of amides is 1. The van der Waals surface area contributed by atoms with Crippen LogP contribution in [0.4, 0.5) is 4.79 Å². The van der Waals surface area contributed by atoms with Gasteiger partial charge in [-0.25, -0.2) is 4.79 Å². The van der Waals surface area contributed by atoms with Gasteiger partial charge in [0.15, 0.2) is 0 Å². The number of para-hydroxylation sites is 1. The lowest BCUT2D eigenvalue weighted by Gasteiger charge is -2.06. The molecule has 2 aromatic heterocycles. The first kappa shape index (κ1) is 18.1. The van der Waals surface area contributed by atoms with Crippen molar-refractivity contribution in [2.75, 3.05) is 0 Å². The minimum atomic E-state index is -0.465. The van der Waals surface area contributed by atoms with Crippen LogP contribution in [0.25, 0.3) is 0 Å². The number of ether oxygens (including phenoxy) is 1. The molecular formula is C19H20N4O2.